The van der Waals surface area contributed by atoms with Crippen LogP contribution in [0.15, 0.2) is 41.4 Å². The van der Waals surface area contributed by atoms with Gasteiger partial charge in [-0.1, -0.05) is 17.7 Å². The fraction of sp³-hybridized carbons (Fsp3) is 0.308. The van der Waals surface area contributed by atoms with Crippen LogP contribution in [-0.4, -0.2) is 22.7 Å². The van der Waals surface area contributed by atoms with Gasteiger partial charge in [-0.15, -0.1) is 0 Å². The normalized spacial score (nSPS) is 12.6. The van der Waals surface area contributed by atoms with Crippen LogP contribution in [-0.2, 0) is 15.6 Å². The van der Waals surface area contributed by atoms with E-state index in [2.05, 4.69) is 5.10 Å². The number of aryl methyl sites for hydroxylation is 1. The first-order valence-electron chi connectivity index (χ1n) is 5.82. The van der Waals surface area contributed by atoms with Crippen molar-refractivity contribution in [2.24, 2.45) is 0 Å². The van der Waals surface area contributed by atoms with Crippen molar-refractivity contribution < 1.29 is 13.5 Å². The number of hydrogen-bond acceptors (Lipinski definition) is 4. The summed E-state index contributed by atoms with van der Waals surface area (Å²) in [6.07, 6.45) is 1.36. The van der Waals surface area contributed by atoms with Gasteiger partial charge in [0.25, 0.3) is 10.0 Å². The lowest BCUT2D eigenvalue weighted by Gasteiger charge is -2.18. The Kier molecular flexibility index (Phi) is 3.24. The highest BCUT2D eigenvalue weighted by Crippen LogP contribution is 2.23. The lowest BCUT2D eigenvalue weighted by atomic mass is 10.1. The van der Waals surface area contributed by atoms with Crippen LogP contribution >= 0.6 is 0 Å². The van der Waals surface area contributed by atoms with Gasteiger partial charge in [-0.05, 0) is 39.0 Å². The molecule has 0 amide bonds. The number of rotatable bonds is 3. The van der Waals surface area contributed by atoms with E-state index in [1.54, 1.807) is 12.1 Å². The summed E-state index contributed by atoms with van der Waals surface area (Å²) >= 11 is 0. The van der Waals surface area contributed by atoms with E-state index in [-0.39, 0.29) is 10.6 Å². The minimum atomic E-state index is -3.78. The largest absolute Gasteiger partial charge is 0.384 e. The topological polar surface area (TPSA) is 72.2 Å². The smallest absolute Gasteiger partial charge is 0.283 e. The highest BCUT2D eigenvalue weighted by atomic mass is 32.2. The molecule has 0 fully saturated rings. The second-order valence-electron chi connectivity index (χ2n) is 4.94. The minimum Gasteiger partial charge on any atom is -0.384 e. The van der Waals surface area contributed by atoms with Crippen LogP contribution in [0.25, 0.3) is 0 Å². The third-order valence-electron chi connectivity index (χ3n) is 2.78. The maximum atomic E-state index is 12.5. The monoisotopic (exact) mass is 280 g/mol. The van der Waals surface area contributed by atoms with Gasteiger partial charge in [0.15, 0.2) is 0 Å². The van der Waals surface area contributed by atoms with Crippen LogP contribution in [0.3, 0.4) is 0 Å². The van der Waals surface area contributed by atoms with Crippen LogP contribution in [0.2, 0.25) is 0 Å². The molecule has 0 unspecified atom stereocenters. The Morgan fingerprint density at radius 2 is 1.74 bits per heavy atom. The SMILES string of the molecule is Cc1ccc(S(=O)(=O)n2nccc2C(C)(C)O)cc1. The Balaban J connectivity index is 2.58. The molecule has 0 radical (unpaired) electrons. The van der Waals surface area contributed by atoms with Gasteiger partial charge in [0, 0.05) is 0 Å². The van der Waals surface area contributed by atoms with Gasteiger partial charge in [0.1, 0.15) is 5.60 Å². The first-order chi connectivity index (χ1) is 8.73. The summed E-state index contributed by atoms with van der Waals surface area (Å²) in [6, 6.07) is 7.99. The first-order valence-corrected chi connectivity index (χ1v) is 7.26. The molecule has 6 heteroatoms. The molecule has 0 saturated carbocycles. The number of nitrogens with zero attached hydrogens (tertiary/aromatic N) is 2. The number of aromatic nitrogens is 2. The van der Waals surface area contributed by atoms with Crippen molar-refractivity contribution in [2.75, 3.05) is 0 Å². The van der Waals surface area contributed by atoms with Gasteiger partial charge in [-0.2, -0.15) is 17.6 Å². The van der Waals surface area contributed by atoms with E-state index in [9.17, 15) is 13.5 Å². The number of hydrogen-bond donors (Lipinski definition) is 1. The molecular formula is C13H16N2O3S. The molecule has 1 aromatic heterocycles. The quantitative estimate of drug-likeness (QED) is 0.928. The van der Waals surface area contributed by atoms with Crippen LogP contribution in [0.5, 0.6) is 0 Å². The molecule has 0 aliphatic carbocycles. The minimum absolute atomic E-state index is 0.146. The molecule has 0 aliphatic rings. The summed E-state index contributed by atoms with van der Waals surface area (Å²) in [6.45, 7) is 4.92. The zero-order valence-corrected chi connectivity index (χ0v) is 11.8. The van der Waals surface area contributed by atoms with E-state index in [0.29, 0.717) is 0 Å². The first kappa shape index (κ1) is 13.8. The summed E-state index contributed by atoms with van der Waals surface area (Å²) in [4.78, 5) is 0.146. The van der Waals surface area contributed by atoms with E-state index in [0.717, 1.165) is 9.65 Å². The molecule has 1 heterocycles. The fourth-order valence-electron chi connectivity index (χ4n) is 1.73. The van der Waals surface area contributed by atoms with Crippen LogP contribution in [0, 0.1) is 6.92 Å². The van der Waals surface area contributed by atoms with Crippen molar-refractivity contribution in [3.8, 4) is 0 Å². The Labute approximate surface area is 112 Å². The van der Waals surface area contributed by atoms with Gasteiger partial charge < -0.3 is 5.11 Å². The molecule has 1 aromatic carbocycles. The van der Waals surface area contributed by atoms with E-state index in [1.807, 2.05) is 6.92 Å². The third kappa shape index (κ3) is 2.54. The maximum absolute atomic E-state index is 12.5. The van der Waals surface area contributed by atoms with Crippen molar-refractivity contribution in [1.82, 2.24) is 9.19 Å². The highest BCUT2D eigenvalue weighted by Gasteiger charge is 2.28. The number of aliphatic hydroxyl groups is 1. The second kappa shape index (κ2) is 4.47. The molecule has 1 N–H and O–H groups in total. The van der Waals surface area contributed by atoms with Gasteiger partial charge in [0.2, 0.25) is 0 Å². The summed E-state index contributed by atoms with van der Waals surface area (Å²) in [5.74, 6) is 0. The van der Waals surface area contributed by atoms with Gasteiger partial charge in [0.05, 0.1) is 16.8 Å². The average Bonchev–Trinajstić information content (AvgIpc) is 2.78. The molecule has 0 aliphatic heterocycles. The van der Waals surface area contributed by atoms with E-state index in [4.69, 9.17) is 0 Å². The van der Waals surface area contributed by atoms with E-state index in [1.165, 1.54) is 38.2 Å². The average molecular weight is 280 g/mol. The van der Waals surface area contributed by atoms with Crippen molar-refractivity contribution in [2.45, 2.75) is 31.3 Å². The Hall–Kier alpha value is -1.66. The molecule has 0 saturated heterocycles. The zero-order valence-electron chi connectivity index (χ0n) is 11.0. The Bertz CT molecular complexity index is 679. The molecule has 2 rings (SSSR count). The Morgan fingerprint density at radius 3 is 2.26 bits per heavy atom. The van der Waals surface area contributed by atoms with Gasteiger partial charge in [-0.3, -0.25) is 0 Å². The molecule has 102 valence electrons. The third-order valence-corrected chi connectivity index (χ3v) is 4.40. The van der Waals surface area contributed by atoms with Crippen LogP contribution < -0.4 is 0 Å². The zero-order chi connectivity index (χ0) is 14.3. The molecule has 0 atom stereocenters. The van der Waals surface area contributed by atoms with Crippen molar-refractivity contribution in [1.29, 1.82) is 0 Å². The Morgan fingerprint density at radius 1 is 1.16 bits per heavy atom. The lowest BCUT2D eigenvalue weighted by molar-refractivity contribution is 0.0722. The fourth-order valence-corrected chi connectivity index (χ4v) is 3.13. The van der Waals surface area contributed by atoms with E-state index < -0.39 is 15.6 Å². The molecular weight excluding hydrogens is 264 g/mol. The predicted octanol–water partition coefficient (Wildman–Crippen LogP) is 1.66. The van der Waals surface area contributed by atoms with Crippen molar-refractivity contribution >= 4 is 10.0 Å². The summed E-state index contributed by atoms with van der Waals surface area (Å²) in [5, 5.41) is 13.8. The maximum Gasteiger partial charge on any atom is 0.283 e. The molecule has 19 heavy (non-hydrogen) atoms. The molecule has 0 bridgehead atoms. The molecule has 5 nitrogen and oxygen atoms in total. The number of benzene rings is 1. The summed E-state index contributed by atoms with van der Waals surface area (Å²) < 4.78 is 25.8. The summed E-state index contributed by atoms with van der Waals surface area (Å²) in [5.41, 5.74) is -0.0796. The van der Waals surface area contributed by atoms with Crippen LogP contribution in [0.1, 0.15) is 25.1 Å². The standard InChI is InChI=1S/C13H16N2O3S/c1-10-4-6-11(7-5-10)19(17,18)15-12(8-9-14-15)13(2,3)16/h4-9,16H,1-3H3. The van der Waals surface area contributed by atoms with E-state index >= 15 is 0 Å². The molecule has 2 aromatic rings. The highest BCUT2D eigenvalue weighted by molar-refractivity contribution is 7.89. The van der Waals surface area contributed by atoms with Crippen molar-refractivity contribution in [3.63, 3.8) is 0 Å². The van der Waals surface area contributed by atoms with Crippen LogP contribution in [0.4, 0.5) is 0 Å². The second-order valence-corrected chi connectivity index (χ2v) is 6.70. The summed E-state index contributed by atoms with van der Waals surface area (Å²) in [7, 11) is -3.78. The van der Waals surface area contributed by atoms with Gasteiger partial charge >= 0.3 is 0 Å². The predicted molar refractivity (Wildman–Crippen MR) is 71.2 cm³/mol. The molecule has 0 spiro atoms. The lowest BCUT2D eigenvalue weighted by Crippen LogP contribution is -2.26. The van der Waals surface area contributed by atoms with Crippen molar-refractivity contribution in [3.05, 3.63) is 47.8 Å². The van der Waals surface area contributed by atoms with Gasteiger partial charge in [-0.25, -0.2) is 0 Å².